The molecule has 0 spiro atoms. The van der Waals surface area contributed by atoms with Crippen LogP contribution in [0.3, 0.4) is 0 Å². The molecule has 194 valence electrons. The largest absolute Gasteiger partial charge is 0.394 e. The molecule has 3 rings (SSSR count). The van der Waals surface area contributed by atoms with Crippen LogP contribution in [0.15, 0.2) is 0 Å². The normalized spacial score (nSPS) is 49.4. The van der Waals surface area contributed by atoms with E-state index < -0.39 is 74.6 Å². The minimum Gasteiger partial charge on any atom is -0.394 e. The maximum Gasteiger partial charge on any atom is 0.187 e. The number of hydrogen-bond donors (Lipinski definition) is 7. The van der Waals surface area contributed by atoms with E-state index in [0.29, 0.717) is 11.8 Å². The average Bonchev–Trinajstić information content (AvgIpc) is 2.78. The number of rotatable bonds is 7. The second-order valence-corrected chi connectivity index (χ2v) is 10.0. The molecular weight excluding hydrogens is 440 g/mol. The zero-order valence-electron chi connectivity index (χ0n) is 19.4. The molecule has 0 amide bonds. The molecule has 3 aliphatic rings. The zero-order valence-corrected chi connectivity index (χ0v) is 19.4. The molecule has 11 nitrogen and oxygen atoms in total. The summed E-state index contributed by atoms with van der Waals surface area (Å²) in [5, 5.41) is 70.9. The second kappa shape index (κ2) is 11.5. The van der Waals surface area contributed by atoms with Gasteiger partial charge in [-0.25, -0.2) is 0 Å². The molecule has 2 aliphatic heterocycles. The summed E-state index contributed by atoms with van der Waals surface area (Å²) in [4.78, 5) is 0. The molecule has 3 fully saturated rings. The number of ether oxygens (including phenoxy) is 4. The summed E-state index contributed by atoms with van der Waals surface area (Å²) in [6.07, 6.45) is -11.7. The molecule has 1 aliphatic carbocycles. The van der Waals surface area contributed by atoms with Crippen molar-refractivity contribution < 1.29 is 54.7 Å². The van der Waals surface area contributed by atoms with E-state index in [4.69, 9.17) is 18.9 Å². The quantitative estimate of drug-likeness (QED) is 0.216. The molecule has 0 radical (unpaired) electrons. The lowest BCUT2D eigenvalue weighted by atomic mass is 9.75. The Bertz CT molecular complexity index is 603. The summed E-state index contributed by atoms with van der Waals surface area (Å²) in [7, 11) is 0. The number of hydrogen-bond acceptors (Lipinski definition) is 11. The highest BCUT2D eigenvalue weighted by atomic mass is 16.7. The summed E-state index contributed by atoms with van der Waals surface area (Å²) in [5.74, 6) is 1.08. The van der Waals surface area contributed by atoms with E-state index in [1.807, 2.05) is 0 Å². The van der Waals surface area contributed by atoms with Gasteiger partial charge in [0.15, 0.2) is 12.6 Å². The van der Waals surface area contributed by atoms with Crippen molar-refractivity contribution in [3.05, 3.63) is 0 Å². The van der Waals surface area contributed by atoms with Gasteiger partial charge in [-0.05, 0) is 30.6 Å². The maximum absolute atomic E-state index is 10.8. The van der Waals surface area contributed by atoms with Crippen LogP contribution in [0, 0.1) is 17.8 Å². The van der Waals surface area contributed by atoms with Gasteiger partial charge < -0.3 is 54.7 Å². The summed E-state index contributed by atoms with van der Waals surface area (Å²) >= 11 is 0. The molecular formula is C22H40O11. The minimum absolute atomic E-state index is 0.178. The summed E-state index contributed by atoms with van der Waals surface area (Å²) in [6, 6.07) is 0. The van der Waals surface area contributed by atoms with Crippen LogP contribution in [-0.4, -0.2) is 116 Å². The first-order chi connectivity index (χ1) is 15.6. The van der Waals surface area contributed by atoms with Crippen LogP contribution in [0.5, 0.6) is 0 Å². The van der Waals surface area contributed by atoms with Crippen LogP contribution in [0.4, 0.5) is 0 Å². The predicted molar refractivity (Wildman–Crippen MR) is 113 cm³/mol. The molecule has 11 heteroatoms. The number of aliphatic hydroxyl groups is 7. The first-order valence-electron chi connectivity index (χ1n) is 11.8. The van der Waals surface area contributed by atoms with Crippen molar-refractivity contribution >= 4 is 0 Å². The Kier molecular flexibility index (Phi) is 9.49. The van der Waals surface area contributed by atoms with Gasteiger partial charge in [-0.3, -0.25) is 0 Å². The van der Waals surface area contributed by atoms with E-state index in [0.717, 1.165) is 19.3 Å². The summed E-state index contributed by atoms with van der Waals surface area (Å²) < 4.78 is 22.8. The van der Waals surface area contributed by atoms with Crippen LogP contribution in [0.25, 0.3) is 0 Å². The predicted octanol–water partition coefficient (Wildman–Crippen LogP) is -1.91. The minimum atomic E-state index is -1.70. The Morgan fingerprint density at radius 3 is 1.94 bits per heavy atom. The van der Waals surface area contributed by atoms with E-state index in [-0.39, 0.29) is 12.0 Å². The van der Waals surface area contributed by atoms with E-state index >= 15 is 0 Å². The van der Waals surface area contributed by atoms with E-state index in [9.17, 15) is 35.7 Å². The second-order valence-electron chi connectivity index (χ2n) is 10.0. The molecule has 33 heavy (non-hydrogen) atoms. The van der Waals surface area contributed by atoms with Gasteiger partial charge in [0.2, 0.25) is 0 Å². The SMILES string of the molecule is CC(C)[C@@H]1CC[C@@H](C)C[C@H]1O[C@@H]1O[C@H](CO)[C@@H](O[C@@H]2O[C@H](CO)[C@@H](O)[C@H](O)[C@H]2O)[C@H](O)[C@H]1O. The van der Waals surface area contributed by atoms with Gasteiger partial charge in [-0.1, -0.05) is 27.2 Å². The molecule has 0 unspecified atom stereocenters. The van der Waals surface area contributed by atoms with Crippen LogP contribution >= 0.6 is 0 Å². The lowest BCUT2D eigenvalue weighted by Gasteiger charge is -2.47. The third-order valence-corrected chi connectivity index (χ3v) is 7.23. The van der Waals surface area contributed by atoms with Gasteiger partial charge in [-0.15, -0.1) is 0 Å². The van der Waals surface area contributed by atoms with E-state index in [1.165, 1.54) is 0 Å². The molecule has 13 atom stereocenters. The lowest BCUT2D eigenvalue weighted by Crippen LogP contribution is -2.65. The Morgan fingerprint density at radius 1 is 0.758 bits per heavy atom. The van der Waals surface area contributed by atoms with Crippen molar-refractivity contribution in [2.45, 2.75) is 108 Å². The smallest absolute Gasteiger partial charge is 0.187 e. The molecule has 0 aromatic rings. The Balaban J connectivity index is 1.70. The molecule has 0 bridgehead atoms. The monoisotopic (exact) mass is 480 g/mol. The highest BCUT2D eigenvalue weighted by Crippen LogP contribution is 2.38. The van der Waals surface area contributed by atoms with Gasteiger partial charge in [0.25, 0.3) is 0 Å². The molecule has 7 N–H and O–H groups in total. The summed E-state index contributed by atoms with van der Waals surface area (Å²) in [5.41, 5.74) is 0. The Morgan fingerprint density at radius 2 is 1.33 bits per heavy atom. The van der Waals surface area contributed by atoms with Crippen molar-refractivity contribution in [1.82, 2.24) is 0 Å². The third kappa shape index (κ3) is 5.87. The first kappa shape index (κ1) is 27.2. The maximum atomic E-state index is 10.8. The molecule has 1 saturated carbocycles. The fourth-order valence-corrected chi connectivity index (χ4v) is 5.11. The van der Waals surface area contributed by atoms with Gasteiger partial charge in [0.05, 0.1) is 19.3 Å². The number of aliphatic hydroxyl groups excluding tert-OH is 7. The topological polar surface area (TPSA) is 179 Å². The first-order valence-corrected chi connectivity index (χ1v) is 11.8. The average molecular weight is 481 g/mol. The van der Waals surface area contributed by atoms with Gasteiger partial charge in [0, 0.05) is 0 Å². The fourth-order valence-electron chi connectivity index (χ4n) is 5.11. The Labute approximate surface area is 193 Å². The molecule has 0 aromatic carbocycles. The van der Waals surface area contributed by atoms with Crippen LogP contribution in [-0.2, 0) is 18.9 Å². The fraction of sp³-hybridized carbons (Fsp3) is 1.00. The standard InChI is InChI=1S/C22H40O11/c1-9(2)11-5-4-10(3)6-12(11)30-21-19(29)17(27)20(14(8-24)32-21)33-22-18(28)16(26)15(25)13(7-23)31-22/h9-29H,4-8H2,1-3H3/t10-,11+,12-,13-,14-,15-,16+,17-,18-,19-,20-,21-,22+/m1/s1. The van der Waals surface area contributed by atoms with Crippen molar-refractivity contribution in [2.24, 2.45) is 17.8 Å². The van der Waals surface area contributed by atoms with Crippen molar-refractivity contribution in [1.29, 1.82) is 0 Å². The van der Waals surface area contributed by atoms with Crippen molar-refractivity contribution in [3.8, 4) is 0 Å². The van der Waals surface area contributed by atoms with Gasteiger partial charge >= 0.3 is 0 Å². The van der Waals surface area contributed by atoms with Gasteiger partial charge in [-0.2, -0.15) is 0 Å². The van der Waals surface area contributed by atoms with Crippen LogP contribution < -0.4 is 0 Å². The highest BCUT2D eigenvalue weighted by Gasteiger charge is 2.51. The molecule has 0 aromatic heterocycles. The van der Waals surface area contributed by atoms with Crippen molar-refractivity contribution in [3.63, 3.8) is 0 Å². The van der Waals surface area contributed by atoms with Crippen LogP contribution in [0.2, 0.25) is 0 Å². The molecule has 2 heterocycles. The summed E-state index contributed by atoms with van der Waals surface area (Å²) in [6.45, 7) is 5.14. The zero-order chi connectivity index (χ0) is 24.4. The van der Waals surface area contributed by atoms with E-state index in [1.54, 1.807) is 0 Å². The van der Waals surface area contributed by atoms with E-state index in [2.05, 4.69) is 20.8 Å². The van der Waals surface area contributed by atoms with Crippen molar-refractivity contribution in [2.75, 3.05) is 13.2 Å². The lowest BCUT2D eigenvalue weighted by molar-refractivity contribution is -0.365. The third-order valence-electron chi connectivity index (χ3n) is 7.23. The highest BCUT2D eigenvalue weighted by molar-refractivity contribution is 4.94. The van der Waals surface area contributed by atoms with Gasteiger partial charge in [0.1, 0.15) is 48.8 Å². The Hall–Kier alpha value is -0.440. The molecule has 2 saturated heterocycles. The van der Waals surface area contributed by atoms with Crippen LogP contribution in [0.1, 0.15) is 40.0 Å².